The third-order valence-electron chi connectivity index (χ3n) is 3.77. The molecule has 1 unspecified atom stereocenters. The monoisotopic (exact) mass is 276 g/mol. The van der Waals surface area contributed by atoms with Gasteiger partial charge in [0, 0.05) is 13.2 Å². The zero-order valence-corrected chi connectivity index (χ0v) is 11.6. The molecule has 108 valence electrons. The summed E-state index contributed by atoms with van der Waals surface area (Å²) in [5.41, 5.74) is 7.23. The molecule has 1 saturated heterocycles. The standard InChI is InChI=1S/C13H20N6O/c1-8(15-6-9-2-4-20-5-3-9)12-18-11(14)10-13(19-12)17-7-16-10/h7-9,15H,2-6H2,1H3,(H3,14,16,17,18,19). The minimum Gasteiger partial charge on any atom is -0.382 e. The number of fused-ring (bicyclic) bond motifs is 1. The summed E-state index contributed by atoms with van der Waals surface area (Å²) in [6, 6.07) is 0.0567. The highest BCUT2D eigenvalue weighted by molar-refractivity contribution is 5.80. The topological polar surface area (TPSA) is 102 Å². The molecule has 7 nitrogen and oxygen atoms in total. The summed E-state index contributed by atoms with van der Waals surface area (Å²) in [4.78, 5) is 15.9. The molecule has 20 heavy (non-hydrogen) atoms. The van der Waals surface area contributed by atoms with Gasteiger partial charge < -0.3 is 20.8 Å². The fourth-order valence-electron chi connectivity index (χ4n) is 2.45. The number of H-pyrrole nitrogens is 1. The molecule has 0 aromatic carbocycles. The van der Waals surface area contributed by atoms with Gasteiger partial charge in [-0.1, -0.05) is 0 Å². The molecule has 2 aromatic rings. The fraction of sp³-hybridized carbons (Fsp3) is 0.615. The Morgan fingerprint density at radius 3 is 3.05 bits per heavy atom. The van der Waals surface area contributed by atoms with Crippen LogP contribution < -0.4 is 11.1 Å². The Balaban J connectivity index is 1.66. The van der Waals surface area contributed by atoms with Crippen LogP contribution in [-0.2, 0) is 4.74 Å². The fourth-order valence-corrected chi connectivity index (χ4v) is 2.45. The van der Waals surface area contributed by atoms with Crippen molar-refractivity contribution in [3.8, 4) is 0 Å². The molecule has 3 rings (SSSR count). The van der Waals surface area contributed by atoms with Crippen LogP contribution in [0.15, 0.2) is 6.33 Å². The number of imidazole rings is 1. The summed E-state index contributed by atoms with van der Waals surface area (Å²) in [6.07, 6.45) is 3.81. The Morgan fingerprint density at radius 2 is 2.25 bits per heavy atom. The van der Waals surface area contributed by atoms with Gasteiger partial charge in [0.05, 0.1) is 12.4 Å². The summed E-state index contributed by atoms with van der Waals surface area (Å²) in [5.74, 6) is 1.80. The van der Waals surface area contributed by atoms with Crippen molar-refractivity contribution in [2.45, 2.75) is 25.8 Å². The van der Waals surface area contributed by atoms with Crippen LogP contribution in [0.4, 0.5) is 5.82 Å². The van der Waals surface area contributed by atoms with E-state index < -0.39 is 0 Å². The van der Waals surface area contributed by atoms with Gasteiger partial charge in [-0.05, 0) is 32.2 Å². The van der Waals surface area contributed by atoms with Crippen LogP contribution in [0.3, 0.4) is 0 Å². The van der Waals surface area contributed by atoms with Crippen LogP contribution >= 0.6 is 0 Å². The van der Waals surface area contributed by atoms with Crippen LogP contribution in [-0.4, -0.2) is 39.7 Å². The second-order valence-corrected chi connectivity index (χ2v) is 5.25. The predicted molar refractivity (Wildman–Crippen MR) is 76.1 cm³/mol. The first-order valence-corrected chi connectivity index (χ1v) is 7.01. The molecule has 3 heterocycles. The zero-order valence-electron chi connectivity index (χ0n) is 11.6. The second-order valence-electron chi connectivity index (χ2n) is 5.25. The van der Waals surface area contributed by atoms with Crippen molar-refractivity contribution < 1.29 is 4.74 Å². The number of rotatable bonds is 4. The van der Waals surface area contributed by atoms with Crippen molar-refractivity contribution in [1.82, 2.24) is 25.3 Å². The largest absolute Gasteiger partial charge is 0.382 e. The second kappa shape index (κ2) is 5.72. The van der Waals surface area contributed by atoms with Gasteiger partial charge in [0.25, 0.3) is 0 Å². The highest BCUT2D eigenvalue weighted by Gasteiger charge is 2.17. The number of nitrogens with two attached hydrogens (primary N) is 1. The van der Waals surface area contributed by atoms with Gasteiger partial charge in [0.15, 0.2) is 11.5 Å². The van der Waals surface area contributed by atoms with Crippen LogP contribution in [0.25, 0.3) is 11.2 Å². The van der Waals surface area contributed by atoms with Gasteiger partial charge >= 0.3 is 0 Å². The molecular formula is C13H20N6O. The normalized spacial score (nSPS) is 18.4. The predicted octanol–water partition coefficient (Wildman–Crippen LogP) is 1.01. The van der Waals surface area contributed by atoms with E-state index in [9.17, 15) is 0 Å². The Kier molecular flexibility index (Phi) is 3.79. The molecule has 0 bridgehead atoms. The van der Waals surface area contributed by atoms with Crippen molar-refractivity contribution in [2.24, 2.45) is 5.92 Å². The third kappa shape index (κ3) is 2.73. The highest BCUT2D eigenvalue weighted by atomic mass is 16.5. The average molecular weight is 276 g/mol. The lowest BCUT2D eigenvalue weighted by Gasteiger charge is -2.23. The first-order chi connectivity index (χ1) is 9.74. The van der Waals surface area contributed by atoms with E-state index in [1.165, 1.54) is 0 Å². The van der Waals surface area contributed by atoms with E-state index in [1.807, 2.05) is 6.92 Å². The summed E-state index contributed by atoms with van der Waals surface area (Å²) in [7, 11) is 0. The SMILES string of the molecule is CC(NCC1CCOCC1)c1nc(N)c2[nH]cnc2n1. The molecule has 0 aliphatic carbocycles. The lowest BCUT2D eigenvalue weighted by Crippen LogP contribution is -2.30. The molecule has 0 radical (unpaired) electrons. The average Bonchev–Trinajstić information content (AvgIpc) is 2.95. The summed E-state index contributed by atoms with van der Waals surface area (Å²) >= 11 is 0. The molecule has 0 saturated carbocycles. The number of nitrogens with one attached hydrogen (secondary N) is 2. The number of aromatic nitrogens is 4. The van der Waals surface area contributed by atoms with Gasteiger partial charge in [-0.15, -0.1) is 0 Å². The maximum absolute atomic E-state index is 5.91. The van der Waals surface area contributed by atoms with E-state index in [4.69, 9.17) is 10.5 Å². The maximum atomic E-state index is 5.91. The number of hydrogen-bond acceptors (Lipinski definition) is 6. The van der Waals surface area contributed by atoms with Crippen molar-refractivity contribution in [1.29, 1.82) is 0 Å². The van der Waals surface area contributed by atoms with Gasteiger partial charge in [0.1, 0.15) is 11.3 Å². The Bertz CT molecular complexity index is 577. The van der Waals surface area contributed by atoms with E-state index in [2.05, 4.69) is 25.3 Å². The molecular weight excluding hydrogens is 256 g/mol. The van der Waals surface area contributed by atoms with E-state index in [1.54, 1.807) is 6.33 Å². The summed E-state index contributed by atoms with van der Waals surface area (Å²) in [5, 5.41) is 3.48. The molecule has 1 atom stereocenters. The molecule has 7 heteroatoms. The molecule has 2 aromatic heterocycles. The van der Waals surface area contributed by atoms with Crippen molar-refractivity contribution >= 4 is 17.0 Å². The van der Waals surface area contributed by atoms with Crippen molar-refractivity contribution in [2.75, 3.05) is 25.5 Å². The number of ether oxygens (including phenoxy) is 1. The van der Waals surface area contributed by atoms with Gasteiger partial charge in [0.2, 0.25) is 0 Å². The van der Waals surface area contributed by atoms with E-state index in [0.717, 1.165) is 32.6 Å². The number of hydrogen-bond donors (Lipinski definition) is 3. The lowest BCUT2D eigenvalue weighted by molar-refractivity contribution is 0.0655. The molecule has 0 spiro atoms. The summed E-state index contributed by atoms with van der Waals surface area (Å²) < 4.78 is 5.37. The van der Waals surface area contributed by atoms with Crippen LogP contribution in [0.5, 0.6) is 0 Å². The zero-order chi connectivity index (χ0) is 13.9. The van der Waals surface area contributed by atoms with Crippen molar-refractivity contribution in [3.63, 3.8) is 0 Å². The minimum absolute atomic E-state index is 0.0567. The van der Waals surface area contributed by atoms with Gasteiger partial charge in [-0.25, -0.2) is 15.0 Å². The number of aromatic amines is 1. The number of anilines is 1. The number of nitrogens with zero attached hydrogens (tertiary/aromatic N) is 3. The smallest absolute Gasteiger partial charge is 0.183 e. The van der Waals surface area contributed by atoms with E-state index in [0.29, 0.717) is 28.7 Å². The molecule has 4 N–H and O–H groups in total. The Morgan fingerprint density at radius 1 is 1.45 bits per heavy atom. The van der Waals surface area contributed by atoms with Crippen LogP contribution in [0, 0.1) is 5.92 Å². The molecule has 1 aliphatic heterocycles. The first-order valence-electron chi connectivity index (χ1n) is 7.01. The van der Waals surface area contributed by atoms with Crippen LogP contribution in [0.2, 0.25) is 0 Å². The van der Waals surface area contributed by atoms with Crippen molar-refractivity contribution in [3.05, 3.63) is 12.2 Å². The minimum atomic E-state index is 0.0567. The third-order valence-corrected chi connectivity index (χ3v) is 3.77. The first kappa shape index (κ1) is 13.3. The molecule has 1 aliphatic rings. The number of nitrogen functional groups attached to an aromatic ring is 1. The van der Waals surface area contributed by atoms with E-state index >= 15 is 0 Å². The lowest BCUT2D eigenvalue weighted by atomic mass is 10.00. The van der Waals surface area contributed by atoms with Crippen LogP contribution in [0.1, 0.15) is 31.6 Å². The molecule has 0 amide bonds. The highest BCUT2D eigenvalue weighted by Crippen LogP contribution is 2.18. The Hall–Kier alpha value is -1.73. The quantitative estimate of drug-likeness (QED) is 0.770. The van der Waals surface area contributed by atoms with Gasteiger partial charge in [-0.2, -0.15) is 0 Å². The van der Waals surface area contributed by atoms with E-state index in [-0.39, 0.29) is 6.04 Å². The maximum Gasteiger partial charge on any atom is 0.183 e. The van der Waals surface area contributed by atoms with Gasteiger partial charge in [-0.3, -0.25) is 0 Å². The Labute approximate surface area is 117 Å². The molecule has 1 fully saturated rings. The summed E-state index contributed by atoms with van der Waals surface area (Å²) in [6.45, 7) is 4.73.